The predicted molar refractivity (Wildman–Crippen MR) is 66.4 cm³/mol. The van der Waals surface area contributed by atoms with Gasteiger partial charge in [0.05, 0.1) is 6.10 Å². The quantitative estimate of drug-likeness (QED) is 0.875. The summed E-state index contributed by atoms with van der Waals surface area (Å²) < 4.78 is 31.6. The highest BCUT2D eigenvalue weighted by molar-refractivity contribution is 7.91. The molecule has 0 amide bonds. The number of ether oxygens (including phenoxy) is 1. The number of hydrogen-bond donors (Lipinski definition) is 1. The number of thiophene rings is 1. The molecule has 0 radical (unpaired) electrons. The Labute approximate surface area is 105 Å². The van der Waals surface area contributed by atoms with Gasteiger partial charge in [-0.25, -0.2) is 8.42 Å². The summed E-state index contributed by atoms with van der Waals surface area (Å²) in [7, 11) is -1.75. The Bertz CT molecular complexity index is 483. The van der Waals surface area contributed by atoms with E-state index in [1.54, 1.807) is 19.2 Å². The van der Waals surface area contributed by atoms with Crippen LogP contribution in [-0.2, 0) is 21.3 Å². The summed E-state index contributed by atoms with van der Waals surface area (Å²) in [5.74, 6) is 0. The van der Waals surface area contributed by atoms with Gasteiger partial charge in [0.1, 0.15) is 4.21 Å². The molecule has 1 atom stereocenters. The van der Waals surface area contributed by atoms with Gasteiger partial charge in [0, 0.05) is 31.6 Å². The van der Waals surface area contributed by atoms with Gasteiger partial charge < -0.3 is 10.5 Å². The lowest BCUT2D eigenvalue weighted by Gasteiger charge is -2.14. The van der Waals surface area contributed by atoms with Crippen molar-refractivity contribution in [3.05, 3.63) is 17.0 Å². The van der Waals surface area contributed by atoms with E-state index < -0.39 is 10.0 Å². The Kier molecular flexibility index (Phi) is 3.84. The zero-order valence-electron chi connectivity index (χ0n) is 9.63. The maximum absolute atomic E-state index is 12.3. The van der Waals surface area contributed by atoms with E-state index in [0.717, 1.165) is 11.3 Å². The van der Waals surface area contributed by atoms with E-state index >= 15 is 0 Å². The summed E-state index contributed by atoms with van der Waals surface area (Å²) in [4.78, 5) is 0.881. The number of hydrogen-bond acceptors (Lipinski definition) is 5. The number of nitrogens with two attached hydrogens (primary N) is 1. The Morgan fingerprint density at radius 3 is 2.88 bits per heavy atom. The molecule has 1 aliphatic heterocycles. The molecule has 1 unspecified atom stereocenters. The number of rotatable bonds is 4. The van der Waals surface area contributed by atoms with Crippen molar-refractivity contribution in [3.63, 3.8) is 0 Å². The molecule has 0 spiro atoms. The zero-order valence-corrected chi connectivity index (χ0v) is 11.3. The minimum absolute atomic E-state index is 0.0127. The molecule has 1 fully saturated rings. The minimum Gasteiger partial charge on any atom is -0.380 e. The van der Waals surface area contributed by atoms with Gasteiger partial charge in [0.2, 0.25) is 0 Å². The highest BCUT2D eigenvalue weighted by Crippen LogP contribution is 2.27. The SMILES string of the molecule is COC1CCN(S(=O)(=O)c2ccc(CN)s2)C1. The van der Waals surface area contributed by atoms with Crippen molar-refractivity contribution in [2.45, 2.75) is 23.3 Å². The van der Waals surface area contributed by atoms with Crippen LogP contribution >= 0.6 is 11.3 Å². The van der Waals surface area contributed by atoms with Gasteiger partial charge >= 0.3 is 0 Å². The van der Waals surface area contributed by atoms with Gasteiger partial charge in [-0.15, -0.1) is 11.3 Å². The standard InChI is InChI=1S/C10H16N2O3S2/c1-15-8-4-5-12(7-8)17(13,14)10-3-2-9(6-11)16-10/h2-3,8H,4-7,11H2,1H3. The van der Waals surface area contributed by atoms with Crippen molar-refractivity contribution in [2.24, 2.45) is 5.73 Å². The summed E-state index contributed by atoms with van der Waals surface area (Å²) in [6.45, 7) is 1.34. The highest BCUT2D eigenvalue weighted by Gasteiger charge is 2.33. The zero-order chi connectivity index (χ0) is 12.5. The Morgan fingerprint density at radius 1 is 1.59 bits per heavy atom. The minimum atomic E-state index is -3.35. The first-order chi connectivity index (χ1) is 8.07. The average molecular weight is 276 g/mol. The molecule has 2 N–H and O–H groups in total. The first kappa shape index (κ1) is 13.0. The van der Waals surface area contributed by atoms with Gasteiger partial charge in [0.25, 0.3) is 10.0 Å². The maximum atomic E-state index is 12.3. The summed E-state index contributed by atoms with van der Waals surface area (Å²) >= 11 is 1.24. The first-order valence-corrected chi connectivity index (χ1v) is 7.65. The molecule has 2 heterocycles. The Morgan fingerprint density at radius 2 is 2.35 bits per heavy atom. The molecule has 96 valence electrons. The van der Waals surface area contributed by atoms with Gasteiger partial charge in [0.15, 0.2) is 0 Å². The lowest BCUT2D eigenvalue weighted by Crippen LogP contribution is -2.29. The van der Waals surface area contributed by atoms with Crippen molar-refractivity contribution >= 4 is 21.4 Å². The van der Waals surface area contributed by atoms with Crippen molar-refractivity contribution in [3.8, 4) is 0 Å². The number of nitrogens with zero attached hydrogens (tertiary/aromatic N) is 1. The fourth-order valence-corrected chi connectivity index (χ4v) is 4.72. The van der Waals surface area contributed by atoms with E-state index in [1.165, 1.54) is 15.6 Å². The van der Waals surface area contributed by atoms with E-state index in [-0.39, 0.29) is 6.10 Å². The van der Waals surface area contributed by atoms with Crippen molar-refractivity contribution in [1.82, 2.24) is 4.31 Å². The topological polar surface area (TPSA) is 72.6 Å². The third kappa shape index (κ3) is 2.53. The summed E-state index contributed by atoms with van der Waals surface area (Å²) in [6.07, 6.45) is 0.768. The molecule has 7 heteroatoms. The molecule has 0 saturated carbocycles. The van der Waals surface area contributed by atoms with E-state index in [9.17, 15) is 8.42 Å². The normalized spacial score (nSPS) is 22.1. The van der Waals surface area contributed by atoms with Crippen LogP contribution in [0.15, 0.2) is 16.3 Å². The van der Waals surface area contributed by atoms with Crippen LogP contribution < -0.4 is 5.73 Å². The lowest BCUT2D eigenvalue weighted by molar-refractivity contribution is 0.115. The van der Waals surface area contributed by atoms with Crippen LogP contribution in [0.3, 0.4) is 0 Å². The third-order valence-corrected chi connectivity index (χ3v) is 6.31. The highest BCUT2D eigenvalue weighted by atomic mass is 32.2. The molecular weight excluding hydrogens is 260 g/mol. The molecule has 1 aliphatic rings. The fourth-order valence-electron chi connectivity index (χ4n) is 1.84. The molecule has 5 nitrogen and oxygen atoms in total. The summed E-state index contributed by atoms with van der Waals surface area (Å²) in [5, 5.41) is 0. The van der Waals surface area contributed by atoms with Crippen LogP contribution in [0.5, 0.6) is 0 Å². The second-order valence-electron chi connectivity index (χ2n) is 3.93. The molecule has 0 aromatic carbocycles. The molecule has 17 heavy (non-hydrogen) atoms. The molecule has 1 saturated heterocycles. The van der Waals surface area contributed by atoms with Crippen molar-refractivity contribution in [2.75, 3.05) is 20.2 Å². The van der Waals surface area contributed by atoms with Gasteiger partial charge in [-0.05, 0) is 18.6 Å². The second-order valence-corrected chi connectivity index (χ2v) is 7.27. The molecule has 1 aromatic rings. The van der Waals surface area contributed by atoms with E-state index in [0.29, 0.717) is 23.8 Å². The van der Waals surface area contributed by atoms with Crippen LogP contribution in [0.4, 0.5) is 0 Å². The average Bonchev–Trinajstić information content (AvgIpc) is 2.98. The summed E-state index contributed by atoms with van der Waals surface area (Å²) in [6, 6.07) is 3.39. The van der Waals surface area contributed by atoms with Crippen LogP contribution in [0.1, 0.15) is 11.3 Å². The molecule has 0 aliphatic carbocycles. The van der Waals surface area contributed by atoms with Gasteiger partial charge in [-0.1, -0.05) is 0 Å². The largest absolute Gasteiger partial charge is 0.380 e. The molecular formula is C10H16N2O3S2. The Balaban J connectivity index is 2.19. The van der Waals surface area contributed by atoms with Crippen LogP contribution in [0, 0.1) is 0 Å². The fraction of sp³-hybridized carbons (Fsp3) is 0.600. The smallest absolute Gasteiger partial charge is 0.252 e. The van der Waals surface area contributed by atoms with E-state index in [1.807, 2.05) is 0 Å². The van der Waals surface area contributed by atoms with Crippen LogP contribution in [0.25, 0.3) is 0 Å². The van der Waals surface area contributed by atoms with E-state index in [4.69, 9.17) is 10.5 Å². The number of methoxy groups -OCH3 is 1. The Hall–Kier alpha value is -0.470. The molecule has 1 aromatic heterocycles. The molecule has 0 bridgehead atoms. The van der Waals surface area contributed by atoms with Crippen molar-refractivity contribution < 1.29 is 13.2 Å². The maximum Gasteiger partial charge on any atom is 0.252 e. The van der Waals surface area contributed by atoms with Crippen LogP contribution in [-0.4, -0.2) is 39.0 Å². The third-order valence-electron chi connectivity index (χ3n) is 2.87. The second kappa shape index (κ2) is 5.03. The van der Waals surface area contributed by atoms with Crippen molar-refractivity contribution in [1.29, 1.82) is 0 Å². The monoisotopic (exact) mass is 276 g/mol. The lowest BCUT2D eigenvalue weighted by atomic mass is 10.3. The molecule has 2 rings (SSSR count). The predicted octanol–water partition coefficient (Wildman–Crippen LogP) is 0.616. The van der Waals surface area contributed by atoms with E-state index in [2.05, 4.69) is 0 Å². The van der Waals surface area contributed by atoms with Gasteiger partial charge in [-0.2, -0.15) is 4.31 Å². The van der Waals surface area contributed by atoms with Gasteiger partial charge in [-0.3, -0.25) is 0 Å². The first-order valence-electron chi connectivity index (χ1n) is 5.39. The number of sulfonamides is 1. The summed E-state index contributed by atoms with van der Waals surface area (Å²) in [5.41, 5.74) is 5.49. The van der Waals surface area contributed by atoms with Crippen LogP contribution in [0.2, 0.25) is 0 Å².